The molecule has 1 heterocycles. The van der Waals surface area contributed by atoms with Crippen LogP contribution in [0.25, 0.3) is 0 Å². The number of hydrogen-bond acceptors (Lipinski definition) is 2. The van der Waals surface area contributed by atoms with E-state index in [-0.39, 0.29) is 10.7 Å². The van der Waals surface area contributed by atoms with Crippen LogP contribution in [-0.2, 0) is 4.79 Å². The maximum Gasteiger partial charge on any atom is 0.263 e. The van der Waals surface area contributed by atoms with Crippen LogP contribution < -0.4 is 0 Å². The van der Waals surface area contributed by atoms with Crippen molar-refractivity contribution in [2.24, 2.45) is 4.99 Å². The molecule has 0 fully saturated rings. The van der Waals surface area contributed by atoms with E-state index in [1.165, 1.54) is 0 Å². The molecule has 0 N–H and O–H groups in total. The Bertz CT molecular complexity index is 246. The third-order valence-electron chi connectivity index (χ3n) is 2.17. The van der Waals surface area contributed by atoms with Crippen molar-refractivity contribution in [3.05, 3.63) is 12.2 Å². The van der Waals surface area contributed by atoms with E-state index in [0.717, 1.165) is 19.3 Å². The molecule has 0 aromatic rings. The molecule has 11 heavy (non-hydrogen) atoms. The minimum absolute atomic E-state index is 0.0619. The van der Waals surface area contributed by atoms with Crippen molar-refractivity contribution in [3.8, 4) is 0 Å². The summed E-state index contributed by atoms with van der Waals surface area (Å²) in [5.41, 5.74) is 1.68. The molecular weight excluding hydrogens is 158 g/mol. The highest BCUT2D eigenvalue weighted by Gasteiger charge is 2.41. The van der Waals surface area contributed by atoms with Crippen LogP contribution >= 0.6 is 11.8 Å². The second-order valence-corrected chi connectivity index (χ2v) is 4.09. The van der Waals surface area contributed by atoms with Crippen molar-refractivity contribution >= 4 is 23.2 Å². The molecule has 2 rings (SSSR count). The number of allylic oxidation sites excluding steroid dienone is 2. The molecule has 1 aliphatic carbocycles. The van der Waals surface area contributed by atoms with E-state index in [4.69, 9.17) is 0 Å². The fourth-order valence-corrected chi connectivity index (χ4v) is 2.39. The summed E-state index contributed by atoms with van der Waals surface area (Å²) in [5, 5.41) is 0. The Morgan fingerprint density at radius 1 is 1.55 bits per heavy atom. The molecule has 1 unspecified atom stereocenters. The Labute approximate surface area is 69.8 Å². The summed E-state index contributed by atoms with van der Waals surface area (Å²) in [6, 6.07) is 0. The molecule has 0 radical (unpaired) electrons. The fraction of sp³-hybridized carbons (Fsp3) is 0.500. The van der Waals surface area contributed by atoms with Gasteiger partial charge < -0.3 is 0 Å². The molecule has 0 bridgehead atoms. The van der Waals surface area contributed by atoms with Crippen LogP contribution in [0.1, 0.15) is 19.3 Å². The number of carbonyl (C=O) groups is 1. The van der Waals surface area contributed by atoms with Gasteiger partial charge in [-0.1, -0.05) is 23.9 Å². The molecule has 1 aliphatic heterocycles. The summed E-state index contributed by atoms with van der Waals surface area (Å²) in [4.78, 5) is 15.1. The van der Waals surface area contributed by atoms with Gasteiger partial charge >= 0.3 is 0 Å². The molecule has 1 amide bonds. The summed E-state index contributed by atoms with van der Waals surface area (Å²) < 4.78 is -0.200. The van der Waals surface area contributed by atoms with Crippen LogP contribution in [0.4, 0.5) is 0 Å². The van der Waals surface area contributed by atoms with Gasteiger partial charge in [0.1, 0.15) is 4.75 Å². The maximum atomic E-state index is 11.3. The molecule has 0 aromatic heterocycles. The molecule has 58 valence electrons. The standard InChI is InChI=1S/C8H9NOS/c10-7-8(11-6-9-7)4-2-1-3-5-8/h1-2,6H,3-5H2. The minimum Gasteiger partial charge on any atom is -0.271 e. The first-order chi connectivity index (χ1) is 5.33. The van der Waals surface area contributed by atoms with Crippen LogP contribution in [-0.4, -0.2) is 16.2 Å². The summed E-state index contributed by atoms with van der Waals surface area (Å²) in [7, 11) is 0. The van der Waals surface area contributed by atoms with E-state index < -0.39 is 0 Å². The van der Waals surface area contributed by atoms with Gasteiger partial charge in [-0.2, -0.15) is 0 Å². The Hall–Kier alpha value is -0.570. The molecule has 0 saturated carbocycles. The summed E-state index contributed by atoms with van der Waals surface area (Å²) in [5.74, 6) is 0.0619. The average molecular weight is 167 g/mol. The number of hydrogen-bond donors (Lipinski definition) is 0. The number of nitrogens with zero attached hydrogens (tertiary/aromatic N) is 1. The van der Waals surface area contributed by atoms with Gasteiger partial charge in [0, 0.05) is 0 Å². The molecule has 3 heteroatoms. The van der Waals surface area contributed by atoms with Gasteiger partial charge in [-0.15, -0.1) is 0 Å². The van der Waals surface area contributed by atoms with E-state index >= 15 is 0 Å². The highest BCUT2D eigenvalue weighted by Crippen LogP contribution is 2.40. The third kappa shape index (κ3) is 1.03. The SMILES string of the molecule is O=C1N=CSC12CC=CCC2. The average Bonchev–Trinajstić information content (AvgIpc) is 2.36. The zero-order valence-corrected chi connectivity index (χ0v) is 6.93. The van der Waals surface area contributed by atoms with Crippen LogP contribution in [0.5, 0.6) is 0 Å². The summed E-state index contributed by atoms with van der Waals surface area (Å²) in [6.45, 7) is 0. The monoisotopic (exact) mass is 167 g/mol. The van der Waals surface area contributed by atoms with Crippen LogP contribution in [0.2, 0.25) is 0 Å². The smallest absolute Gasteiger partial charge is 0.263 e. The van der Waals surface area contributed by atoms with Crippen molar-refractivity contribution in [3.63, 3.8) is 0 Å². The predicted octanol–water partition coefficient (Wildman–Crippen LogP) is 1.77. The number of carbonyl (C=O) groups excluding carboxylic acids is 1. The largest absolute Gasteiger partial charge is 0.271 e. The van der Waals surface area contributed by atoms with E-state index in [0.29, 0.717) is 0 Å². The number of rotatable bonds is 0. The molecule has 0 saturated heterocycles. The van der Waals surface area contributed by atoms with E-state index in [1.807, 2.05) is 0 Å². The van der Waals surface area contributed by atoms with Gasteiger partial charge in [-0.05, 0) is 19.3 Å². The van der Waals surface area contributed by atoms with Crippen LogP contribution in [0.3, 0.4) is 0 Å². The topological polar surface area (TPSA) is 29.4 Å². The summed E-state index contributed by atoms with van der Waals surface area (Å²) in [6.07, 6.45) is 7.05. The second-order valence-electron chi connectivity index (χ2n) is 2.87. The van der Waals surface area contributed by atoms with Crippen molar-refractivity contribution in [1.82, 2.24) is 0 Å². The molecular formula is C8H9NOS. The van der Waals surface area contributed by atoms with Gasteiger partial charge in [-0.3, -0.25) is 4.79 Å². The van der Waals surface area contributed by atoms with Gasteiger partial charge in [0.15, 0.2) is 0 Å². The first-order valence-corrected chi connectivity index (χ1v) is 4.61. The lowest BCUT2D eigenvalue weighted by Gasteiger charge is -2.25. The second kappa shape index (κ2) is 2.48. The third-order valence-corrected chi connectivity index (χ3v) is 3.37. The lowest BCUT2D eigenvalue weighted by Crippen LogP contribution is -2.31. The van der Waals surface area contributed by atoms with Crippen LogP contribution in [0, 0.1) is 0 Å². The van der Waals surface area contributed by atoms with Crippen molar-refractivity contribution in [2.45, 2.75) is 24.0 Å². The minimum atomic E-state index is -0.200. The number of amides is 1. The van der Waals surface area contributed by atoms with E-state index in [1.54, 1.807) is 17.3 Å². The first-order valence-electron chi connectivity index (χ1n) is 3.73. The van der Waals surface area contributed by atoms with E-state index in [2.05, 4.69) is 17.1 Å². The lowest BCUT2D eigenvalue weighted by molar-refractivity contribution is -0.119. The fourth-order valence-electron chi connectivity index (χ4n) is 1.45. The Kier molecular flexibility index (Phi) is 1.60. The van der Waals surface area contributed by atoms with Gasteiger partial charge in [0.2, 0.25) is 0 Å². The number of thioether (sulfide) groups is 1. The highest BCUT2D eigenvalue weighted by atomic mass is 32.2. The van der Waals surface area contributed by atoms with Crippen LogP contribution in [0.15, 0.2) is 17.1 Å². The quantitative estimate of drug-likeness (QED) is 0.514. The molecule has 1 spiro atoms. The maximum absolute atomic E-state index is 11.3. The predicted molar refractivity (Wildman–Crippen MR) is 46.8 cm³/mol. The highest BCUT2D eigenvalue weighted by molar-refractivity contribution is 8.14. The Morgan fingerprint density at radius 2 is 2.45 bits per heavy atom. The lowest BCUT2D eigenvalue weighted by atomic mass is 9.93. The zero-order chi connectivity index (χ0) is 7.73. The van der Waals surface area contributed by atoms with Crippen molar-refractivity contribution in [2.75, 3.05) is 0 Å². The van der Waals surface area contributed by atoms with Gasteiger partial charge in [-0.25, -0.2) is 4.99 Å². The molecule has 0 aromatic carbocycles. The van der Waals surface area contributed by atoms with Crippen molar-refractivity contribution in [1.29, 1.82) is 0 Å². The number of aliphatic imine (C=N–C) groups is 1. The van der Waals surface area contributed by atoms with Gasteiger partial charge in [0.05, 0.1) is 5.55 Å². The molecule has 2 aliphatic rings. The first kappa shape index (κ1) is 7.10. The van der Waals surface area contributed by atoms with Gasteiger partial charge in [0.25, 0.3) is 5.91 Å². The normalized spacial score (nSPS) is 35.5. The van der Waals surface area contributed by atoms with E-state index in [9.17, 15) is 4.79 Å². The molecule has 2 nitrogen and oxygen atoms in total. The van der Waals surface area contributed by atoms with Crippen molar-refractivity contribution < 1.29 is 4.79 Å². The zero-order valence-electron chi connectivity index (χ0n) is 6.12. The summed E-state index contributed by atoms with van der Waals surface area (Å²) >= 11 is 1.58. The Morgan fingerprint density at radius 3 is 3.00 bits per heavy atom. The molecule has 1 atom stereocenters. The Balaban J connectivity index is 2.23.